The number of aromatic nitrogens is 2. The van der Waals surface area contributed by atoms with Gasteiger partial charge >= 0.3 is 0 Å². The molecule has 134 valence electrons. The first kappa shape index (κ1) is 19.7. The fourth-order valence-corrected chi connectivity index (χ4v) is 2.74. The second-order valence-corrected chi connectivity index (χ2v) is 6.21. The van der Waals surface area contributed by atoms with Crippen LogP contribution in [0.5, 0.6) is 11.6 Å². The number of benzene rings is 1. The number of amides is 1. The van der Waals surface area contributed by atoms with Gasteiger partial charge < -0.3 is 15.4 Å². The highest BCUT2D eigenvalue weighted by molar-refractivity contribution is 6.42. The standard InChI is InChI=1S/C16H16Cl2N4O2.ClH/c17-11-4-1-5-13(15(11)18)24-14-7-6-12(21-22-14)16(23)20-10-3-2-8-19-9-10;/h1,4-7,10,19H,2-3,8-9H2,(H,20,23);1H/t10-;/m0./s1. The number of nitrogens with one attached hydrogen (secondary N) is 2. The summed E-state index contributed by atoms with van der Waals surface area (Å²) in [6, 6.07) is 8.30. The summed E-state index contributed by atoms with van der Waals surface area (Å²) >= 11 is 12.0. The maximum atomic E-state index is 12.2. The van der Waals surface area contributed by atoms with E-state index in [0.29, 0.717) is 15.8 Å². The number of carbonyl (C=O) groups is 1. The van der Waals surface area contributed by atoms with Gasteiger partial charge in [-0.25, -0.2) is 0 Å². The lowest BCUT2D eigenvalue weighted by Gasteiger charge is -2.23. The summed E-state index contributed by atoms with van der Waals surface area (Å²) in [4.78, 5) is 12.2. The number of hydrogen-bond acceptors (Lipinski definition) is 5. The lowest BCUT2D eigenvalue weighted by molar-refractivity contribution is 0.0924. The number of rotatable bonds is 4. The molecular weight excluding hydrogens is 387 g/mol. The first-order valence-electron chi connectivity index (χ1n) is 7.60. The van der Waals surface area contributed by atoms with Crippen LogP contribution in [0, 0.1) is 0 Å². The molecule has 3 rings (SSSR count). The number of carbonyl (C=O) groups excluding carboxylic acids is 1. The Balaban J connectivity index is 0.00000225. The van der Waals surface area contributed by atoms with E-state index < -0.39 is 0 Å². The number of ether oxygens (including phenoxy) is 1. The normalized spacial score (nSPS) is 16.6. The van der Waals surface area contributed by atoms with Crippen molar-refractivity contribution < 1.29 is 9.53 Å². The Morgan fingerprint density at radius 1 is 1.24 bits per heavy atom. The van der Waals surface area contributed by atoms with Crippen LogP contribution in [-0.4, -0.2) is 35.2 Å². The van der Waals surface area contributed by atoms with Gasteiger partial charge in [0.05, 0.1) is 5.02 Å². The fraction of sp³-hybridized carbons (Fsp3) is 0.312. The summed E-state index contributed by atoms with van der Waals surface area (Å²) in [5, 5.41) is 14.7. The highest BCUT2D eigenvalue weighted by Gasteiger charge is 2.17. The minimum Gasteiger partial charge on any atom is -0.436 e. The summed E-state index contributed by atoms with van der Waals surface area (Å²) in [6.07, 6.45) is 2.00. The molecule has 0 unspecified atom stereocenters. The van der Waals surface area contributed by atoms with E-state index in [1.54, 1.807) is 30.3 Å². The Labute approximate surface area is 161 Å². The predicted octanol–water partition coefficient (Wildman–Crippen LogP) is 3.48. The maximum Gasteiger partial charge on any atom is 0.272 e. The van der Waals surface area contributed by atoms with Gasteiger partial charge in [0.1, 0.15) is 10.8 Å². The Morgan fingerprint density at radius 2 is 2.08 bits per heavy atom. The van der Waals surface area contributed by atoms with Crippen LogP contribution in [0.4, 0.5) is 0 Å². The smallest absolute Gasteiger partial charge is 0.272 e. The number of halogens is 3. The zero-order chi connectivity index (χ0) is 16.9. The van der Waals surface area contributed by atoms with Crippen molar-refractivity contribution in [3.8, 4) is 11.6 Å². The van der Waals surface area contributed by atoms with Crippen molar-refractivity contribution in [3.63, 3.8) is 0 Å². The van der Waals surface area contributed by atoms with Crippen molar-refractivity contribution >= 4 is 41.5 Å². The topological polar surface area (TPSA) is 76.1 Å². The Kier molecular flexibility index (Phi) is 7.25. The van der Waals surface area contributed by atoms with Crippen LogP contribution in [0.25, 0.3) is 0 Å². The summed E-state index contributed by atoms with van der Waals surface area (Å²) < 4.78 is 5.54. The van der Waals surface area contributed by atoms with Crippen molar-refractivity contribution in [1.82, 2.24) is 20.8 Å². The lowest BCUT2D eigenvalue weighted by atomic mass is 10.1. The fourth-order valence-electron chi connectivity index (χ4n) is 2.41. The summed E-state index contributed by atoms with van der Waals surface area (Å²) in [5.41, 5.74) is 0.241. The van der Waals surface area contributed by atoms with Crippen molar-refractivity contribution in [2.24, 2.45) is 0 Å². The zero-order valence-corrected chi connectivity index (χ0v) is 15.5. The Morgan fingerprint density at radius 3 is 2.76 bits per heavy atom. The molecule has 0 bridgehead atoms. The third kappa shape index (κ3) is 5.19. The van der Waals surface area contributed by atoms with Crippen LogP contribution in [0.15, 0.2) is 30.3 Å². The highest BCUT2D eigenvalue weighted by atomic mass is 35.5. The van der Waals surface area contributed by atoms with Gasteiger partial charge in [-0.05, 0) is 37.6 Å². The molecule has 1 fully saturated rings. The van der Waals surface area contributed by atoms with E-state index in [1.165, 1.54) is 0 Å². The van der Waals surface area contributed by atoms with E-state index in [2.05, 4.69) is 20.8 Å². The molecule has 0 saturated carbocycles. The van der Waals surface area contributed by atoms with Crippen molar-refractivity contribution in [2.45, 2.75) is 18.9 Å². The molecule has 25 heavy (non-hydrogen) atoms. The van der Waals surface area contributed by atoms with Crippen LogP contribution in [0.2, 0.25) is 10.0 Å². The molecule has 1 amide bonds. The molecule has 6 nitrogen and oxygen atoms in total. The first-order chi connectivity index (χ1) is 11.6. The van der Waals surface area contributed by atoms with Crippen LogP contribution < -0.4 is 15.4 Å². The molecule has 0 radical (unpaired) electrons. The third-order valence-corrected chi connectivity index (χ3v) is 4.44. The Hall–Kier alpha value is -1.60. The largest absolute Gasteiger partial charge is 0.436 e. The van der Waals surface area contributed by atoms with E-state index in [0.717, 1.165) is 25.9 Å². The Bertz CT molecular complexity index is 722. The molecule has 0 aliphatic carbocycles. The predicted molar refractivity (Wildman–Crippen MR) is 99.2 cm³/mol. The summed E-state index contributed by atoms with van der Waals surface area (Å²) in [5.74, 6) is 0.363. The molecule has 1 aliphatic rings. The molecule has 1 aromatic carbocycles. The van der Waals surface area contributed by atoms with Crippen LogP contribution in [0.3, 0.4) is 0 Å². The second kappa shape index (κ2) is 9.20. The third-order valence-electron chi connectivity index (χ3n) is 3.64. The lowest BCUT2D eigenvalue weighted by Crippen LogP contribution is -2.45. The molecule has 2 N–H and O–H groups in total. The van der Waals surface area contributed by atoms with E-state index in [4.69, 9.17) is 27.9 Å². The average molecular weight is 404 g/mol. The van der Waals surface area contributed by atoms with E-state index in [9.17, 15) is 4.79 Å². The van der Waals surface area contributed by atoms with E-state index >= 15 is 0 Å². The molecule has 1 aromatic heterocycles. The van der Waals surface area contributed by atoms with Gasteiger partial charge in [-0.1, -0.05) is 29.3 Å². The monoisotopic (exact) mass is 402 g/mol. The van der Waals surface area contributed by atoms with Crippen molar-refractivity contribution in [1.29, 1.82) is 0 Å². The molecule has 1 atom stereocenters. The van der Waals surface area contributed by atoms with Gasteiger partial charge in [-0.2, -0.15) is 0 Å². The van der Waals surface area contributed by atoms with Crippen LogP contribution in [0.1, 0.15) is 23.3 Å². The SMILES string of the molecule is Cl.O=C(N[C@H]1CCCNC1)c1ccc(Oc2cccc(Cl)c2Cl)nn1. The average Bonchev–Trinajstić information content (AvgIpc) is 2.60. The number of nitrogens with zero attached hydrogens (tertiary/aromatic N) is 2. The highest BCUT2D eigenvalue weighted by Crippen LogP contribution is 2.33. The van der Waals surface area contributed by atoms with Crippen LogP contribution in [-0.2, 0) is 0 Å². The first-order valence-corrected chi connectivity index (χ1v) is 8.36. The van der Waals surface area contributed by atoms with Crippen molar-refractivity contribution in [3.05, 3.63) is 46.1 Å². The minimum atomic E-state index is -0.247. The molecular formula is C16H17Cl3N4O2. The van der Waals surface area contributed by atoms with Gasteiger partial charge in [0, 0.05) is 18.7 Å². The maximum absolute atomic E-state index is 12.2. The van der Waals surface area contributed by atoms with Gasteiger partial charge in [0.2, 0.25) is 5.88 Å². The second-order valence-electron chi connectivity index (χ2n) is 5.43. The molecule has 9 heteroatoms. The number of hydrogen-bond donors (Lipinski definition) is 2. The van der Waals surface area contributed by atoms with Gasteiger partial charge in [-0.15, -0.1) is 22.6 Å². The van der Waals surface area contributed by atoms with E-state index in [1.807, 2.05) is 0 Å². The van der Waals surface area contributed by atoms with E-state index in [-0.39, 0.29) is 35.9 Å². The van der Waals surface area contributed by atoms with Gasteiger partial charge in [0.25, 0.3) is 5.91 Å². The minimum absolute atomic E-state index is 0. The molecule has 1 aliphatic heterocycles. The zero-order valence-electron chi connectivity index (χ0n) is 13.2. The number of piperidine rings is 1. The molecule has 1 saturated heterocycles. The molecule has 2 aromatic rings. The molecule has 2 heterocycles. The summed E-state index contributed by atoms with van der Waals surface area (Å²) in [6.45, 7) is 1.76. The summed E-state index contributed by atoms with van der Waals surface area (Å²) in [7, 11) is 0. The van der Waals surface area contributed by atoms with Gasteiger partial charge in [-0.3, -0.25) is 4.79 Å². The molecule has 0 spiro atoms. The quantitative estimate of drug-likeness (QED) is 0.817. The van der Waals surface area contributed by atoms with Crippen LogP contribution >= 0.6 is 35.6 Å². The van der Waals surface area contributed by atoms with Crippen molar-refractivity contribution in [2.75, 3.05) is 13.1 Å². The van der Waals surface area contributed by atoms with Gasteiger partial charge in [0.15, 0.2) is 5.69 Å².